The number of nitrogens with one attached hydrogen (secondary N) is 1. The van der Waals surface area contributed by atoms with Gasteiger partial charge in [0.15, 0.2) is 5.82 Å². The fraction of sp³-hybridized carbons (Fsp3) is 0.522. The first-order valence-corrected chi connectivity index (χ1v) is 10.9. The van der Waals surface area contributed by atoms with Crippen LogP contribution in [0.1, 0.15) is 50.6 Å². The summed E-state index contributed by atoms with van der Waals surface area (Å²) < 4.78 is 1.86. The minimum atomic E-state index is -0.854. The number of hydrogen-bond acceptors (Lipinski definition) is 6. The van der Waals surface area contributed by atoms with Crippen LogP contribution in [0.25, 0.3) is 0 Å². The van der Waals surface area contributed by atoms with Crippen molar-refractivity contribution >= 4 is 29.0 Å². The molecule has 160 valence electrons. The van der Waals surface area contributed by atoms with Crippen LogP contribution in [-0.2, 0) is 16.6 Å². The van der Waals surface area contributed by atoms with Crippen LogP contribution >= 0.6 is 0 Å². The molecule has 2 aromatic heterocycles. The van der Waals surface area contributed by atoms with Crippen molar-refractivity contribution in [2.75, 3.05) is 16.8 Å². The number of amides is 1. The lowest BCUT2D eigenvalue weighted by Gasteiger charge is -2.33. The maximum Gasteiger partial charge on any atom is 0.247 e. The van der Waals surface area contributed by atoms with Gasteiger partial charge in [0.1, 0.15) is 17.0 Å². The van der Waals surface area contributed by atoms with E-state index in [9.17, 15) is 14.9 Å². The van der Waals surface area contributed by atoms with Gasteiger partial charge in [-0.15, -0.1) is 0 Å². The van der Waals surface area contributed by atoms with Crippen molar-refractivity contribution in [3.63, 3.8) is 0 Å². The van der Waals surface area contributed by atoms with E-state index in [-0.39, 0.29) is 23.5 Å². The molecule has 1 amide bonds. The molecule has 1 saturated heterocycles. The lowest BCUT2D eigenvalue weighted by molar-refractivity contribution is -0.124. The SMILES string of the molecule is CC(=O)C1CC(c2cc(Nc3cc(N4CC[C@@](C#N)(C5CC5)C4=O)ccn3)nn2C)C1. The molecule has 0 unspecified atom stereocenters. The van der Waals surface area contributed by atoms with Gasteiger partial charge in [0.05, 0.1) is 6.07 Å². The Balaban J connectivity index is 1.31. The van der Waals surface area contributed by atoms with E-state index in [2.05, 4.69) is 21.5 Å². The van der Waals surface area contributed by atoms with Gasteiger partial charge in [0.2, 0.25) is 5.91 Å². The Morgan fingerprint density at radius 1 is 1.29 bits per heavy atom. The summed E-state index contributed by atoms with van der Waals surface area (Å²) in [5, 5.41) is 17.5. The molecule has 3 aliphatic rings. The molecule has 0 radical (unpaired) electrons. The lowest BCUT2D eigenvalue weighted by atomic mass is 9.71. The number of hydrogen-bond donors (Lipinski definition) is 1. The summed E-state index contributed by atoms with van der Waals surface area (Å²) in [6.07, 6.45) is 5.94. The average molecular weight is 419 g/mol. The van der Waals surface area contributed by atoms with Crippen molar-refractivity contribution in [3.05, 3.63) is 30.1 Å². The molecule has 31 heavy (non-hydrogen) atoms. The monoisotopic (exact) mass is 418 g/mol. The van der Waals surface area contributed by atoms with Crippen LogP contribution in [0.5, 0.6) is 0 Å². The van der Waals surface area contributed by atoms with Crippen LogP contribution in [0.2, 0.25) is 0 Å². The second-order valence-electron chi connectivity index (χ2n) is 9.14. The third kappa shape index (κ3) is 3.29. The normalized spacial score (nSPS) is 27.6. The minimum Gasteiger partial charge on any atom is -0.323 e. The lowest BCUT2D eigenvalue weighted by Crippen LogP contribution is -2.35. The Morgan fingerprint density at radius 3 is 2.74 bits per heavy atom. The third-order valence-corrected chi connectivity index (χ3v) is 7.19. The van der Waals surface area contributed by atoms with E-state index in [1.165, 1.54) is 0 Å². The Morgan fingerprint density at radius 2 is 2.06 bits per heavy atom. The summed E-state index contributed by atoms with van der Waals surface area (Å²) in [6.45, 7) is 2.21. The van der Waals surface area contributed by atoms with Crippen LogP contribution in [-0.4, -0.2) is 33.0 Å². The standard InChI is InChI=1S/C23H26N6O2/c1-14(30)15-9-16(10-15)19-12-21(27-28(19)2)26-20-11-18(5-7-25-20)29-8-6-23(13-24,22(29)31)17-3-4-17/h5,7,11-12,15-17H,3-4,6,8-10H2,1-2H3,(H,25,26,27)/t15?,16?,23-/m1/s1. The summed E-state index contributed by atoms with van der Waals surface area (Å²) in [6, 6.07) is 7.98. The van der Waals surface area contributed by atoms with Gasteiger partial charge in [0, 0.05) is 55.1 Å². The maximum atomic E-state index is 13.1. The van der Waals surface area contributed by atoms with Crippen LogP contribution in [0.15, 0.2) is 24.4 Å². The average Bonchev–Trinajstić information content (AvgIpc) is 3.42. The first-order valence-electron chi connectivity index (χ1n) is 10.9. The number of anilines is 3. The molecule has 2 saturated carbocycles. The molecule has 3 fully saturated rings. The largest absolute Gasteiger partial charge is 0.323 e. The van der Waals surface area contributed by atoms with Crippen molar-refractivity contribution in [1.82, 2.24) is 14.8 Å². The van der Waals surface area contributed by atoms with Gasteiger partial charge in [-0.1, -0.05) is 0 Å². The predicted molar refractivity (Wildman–Crippen MR) is 115 cm³/mol. The van der Waals surface area contributed by atoms with E-state index in [0.717, 1.165) is 37.1 Å². The number of Topliss-reactive ketones (excluding diaryl/α,β-unsaturated/α-hetero) is 1. The number of nitriles is 1. The zero-order valence-corrected chi connectivity index (χ0v) is 17.8. The highest BCUT2D eigenvalue weighted by Gasteiger charge is 2.56. The number of rotatable bonds is 6. The van der Waals surface area contributed by atoms with E-state index in [0.29, 0.717) is 30.5 Å². The van der Waals surface area contributed by atoms with Crippen LogP contribution in [0, 0.1) is 28.6 Å². The fourth-order valence-corrected chi connectivity index (χ4v) is 5.04. The molecule has 2 aliphatic carbocycles. The van der Waals surface area contributed by atoms with Gasteiger partial charge in [-0.2, -0.15) is 10.4 Å². The van der Waals surface area contributed by atoms with Crippen molar-refractivity contribution in [2.24, 2.45) is 24.3 Å². The van der Waals surface area contributed by atoms with Gasteiger partial charge in [0.25, 0.3) is 0 Å². The second-order valence-corrected chi connectivity index (χ2v) is 9.14. The Bertz CT molecular complexity index is 1090. The van der Waals surface area contributed by atoms with Gasteiger partial charge in [-0.05, 0) is 51.0 Å². The predicted octanol–water partition coefficient (Wildman–Crippen LogP) is 3.30. The van der Waals surface area contributed by atoms with Gasteiger partial charge < -0.3 is 10.2 Å². The molecule has 5 rings (SSSR count). The molecule has 8 heteroatoms. The number of aryl methyl sites for hydroxylation is 1. The molecular weight excluding hydrogens is 392 g/mol. The first-order chi connectivity index (χ1) is 14.9. The summed E-state index contributed by atoms with van der Waals surface area (Å²) in [5.74, 6) is 2.19. The van der Waals surface area contributed by atoms with E-state index in [1.807, 2.05) is 29.9 Å². The Kier molecular flexibility index (Phi) is 4.58. The van der Waals surface area contributed by atoms with Crippen molar-refractivity contribution in [3.8, 4) is 6.07 Å². The zero-order valence-electron chi connectivity index (χ0n) is 17.8. The highest BCUT2D eigenvalue weighted by molar-refractivity contribution is 6.02. The topological polar surface area (TPSA) is 104 Å². The van der Waals surface area contributed by atoms with Crippen molar-refractivity contribution in [2.45, 2.75) is 44.9 Å². The quantitative estimate of drug-likeness (QED) is 0.772. The molecule has 0 spiro atoms. The van der Waals surface area contributed by atoms with Crippen LogP contribution in [0.4, 0.5) is 17.3 Å². The van der Waals surface area contributed by atoms with Crippen molar-refractivity contribution in [1.29, 1.82) is 5.26 Å². The number of ketones is 1. The number of aromatic nitrogens is 3. The van der Waals surface area contributed by atoms with Crippen LogP contribution in [0.3, 0.4) is 0 Å². The highest BCUT2D eigenvalue weighted by Crippen LogP contribution is 2.52. The fourth-order valence-electron chi connectivity index (χ4n) is 5.04. The Hall–Kier alpha value is -3.21. The number of carbonyl (C=O) groups is 2. The molecular formula is C23H26N6O2. The maximum absolute atomic E-state index is 13.1. The molecule has 0 aromatic carbocycles. The van der Waals surface area contributed by atoms with Gasteiger partial charge >= 0.3 is 0 Å². The smallest absolute Gasteiger partial charge is 0.247 e. The summed E-state index contributed by atoms with van der Waals surface area (Å²) in [5.41, 5.74) is 1.00. The van der Waals surface area contributed by atoms with Gasteiger partial charge in [-0.3, -0.25) is 14.3 Å². The molecule has 1 aliphatic heterocycles. The summed E-state index contributed by atoms with van der Waals surface area (Å²) in [7, 11) is 1.91. The van der Waals surface area contributed by atoms with E-state index < -0.39 is 5.41 Å². The zero-order chi connectivity index (χ0) is 21.8. The third-order valence-electron chi connectivity index (χ3n) is 7.19. The Labute approximate surface area is 181 Å². The van der Waals surface area contributed by atoms with Gasteiger partial charge in [-0.25, -0.2) is 4.98 Å². The highest BCUT2D eigenvalue weighted by atomic mass is 16.2. The minimum absolute atomic E-state index is 0.0835. The molecule has 8 nitrogen and oxygen atoms in total. The van der Waals surface area contributed by atoms with Crippen LogP contribution < -0.4 is 10.2 Å². The van der Waals surface area contributed by atoms with E-state index in [1.54, 1.807) is 18.0 Å². The number of carbonyl (C=O) groups excluding carboxylic acids is 2. The second kappa shape index (κ2) is 7.19. The number of nitrogens with zero attached hydrogens (tertiary/aromatic N) is 5. The molecule has 1 N–H and O–H groups in total. The molecule has 3 heterocycles. The molecule has 2 aromatic rings. The number of pyridine rings is 1. The van der Waals surface area contributed by atoms with E-state index >= 15 is 0 Å². The molecule has 0 bridgehead atoms. The summed E-state index contributed by atoms with van der Waals surface area (Å²) >= 11 is 0. The van der Waals surface area contributed by atoms with Crippen molar-refractivity contribution < 1.29 is 9.59 Å². The van der Waals surface area contributed by atoms with E-state index in [4.69, 9.17) is 0 Å². The molecule has 1 atom stereocenters. The summed E-state index contributed by atoms with van der Waals surface area (Å²) in [4.78, 5) is 30.7. The first kappa shape index (κ1) is 19.7.